The zero-order valence-corrected chi connectivity index (χ0v) is 10.5. The second kappa shape index (κ2) is 4.69. The SMILES string of the molecule is CNc1ccc(C(=O)N(C)CC2CC2C)nn1. The van der Waals surface area contributed by atoms with Gasteiger partial charge in [0, 0.05) is 20.6 Å². The van der Waals surface area contributed by atoms with E-state index >= 15 is 0 Å². The maximum atomic E-state index is 12.0. The maximum Gasteiger partial charge on any atom is 0.274 e. The summed E-state index contributed by atoms with van der Waals surface area (Å²) in [6.07, 6.45) is 1.22. The number of anilines is 1. The minimum Gasteiger partial charge on any atom is -0.372 e. The third-order valence-corrected chi connectivity index (χ3v) is 3.27. The topological polar surface area (TPSA) is 58.1 Å². The monoisotopic (exact) mass is 234 g/mol. The molecule has 1 aliphatic rings. The summed E-state index contributed by atoms with van der Waals surface area (Å²) < 4.78 is 0. The highest BCUT2D eigenvalue weighted by atomic mass is 16.2. The Balaban J connectivity index is 1.97. The van der Waals surface area contributed by atoms with Crippen molar-refractivity contribution in [3.8, 4) is 0 Å². The summed E-state index contributed by atoms with van der Waals surface area (Å²) in [5, 5.41) is 10.7. The number of amides is 1. The third kappa shape index (κ3) is 2.72. The molecule has 0 aromatic carbocycles. The van der Waals surface area contributed by atoms with E-state index in [1.54, 1.807) is 24.1 Å². The Kier molecular flexibility index (Phi) is 3.26. The van der Waals surface area contributed by atoms with Crippen LogP contribution < -0.4 is 5.32 Å². The Morgan fingerprint density at radius 2 is 2.24 bits per heavy atom. The summed E-state index contributed by atoms with van der Waals surface area (Å²) in [7, 11) is 3.59. The van der Waals surface area contributed by atoms with E-state index in [0.717, 1.165) is 12.5 Å². The molecule has 1 aromatic rings. The van der Waals surface area contributed by atoms with Crippen molar-refractivity contribution in [3.05, 3.63) is 17.8 Å². The summed E-state index contributed by atoms with van der Waals surface area (Å²) >= 11 is 0. The molecule has 2 atom stereocenters. The quantitative estimate of drug-likeness (QED) is 0.851. The van der Waals surface area contributed by atoms with Crippen LogP contribution >= 0.6 is 0 Å². The molecule has 0 spiro atoms. The van der Waals surface area contributed by atoms with Crippen LogP contribution in [0.3, 0.4) is 0 Å². The van der Waals surface area contributed by atoms with Gasteiger partial charge in [0.1, 0.15) is 5.82 Å². The maximum absolute atomic E-state index is 12.0. The fourth-order valence-corrected chi connectivity index (χ4v) is 1.86. The summed E-state index contributed by atoms with van der Waals surface area (Å²) in [5.74, 6) is 2.02. The Hall–Kier alpha value is -1.65. The molecule has 17 heavy (non-hydrogen) atoms. The van der Waals surface area contributed by atoms with Gasteiger partial charge in [-0.15, -0.1) is 10.2 Å². The molecule has 1 saturated carbocycles. The lowest BCUT2D eigenvalue weighted by Gasteiger charge is -2.16. The van der Waals surface area contributed by atoms with Gasteiger partial charge in [-0.05, 0) is 30.4 Å². The number of aromatic nitrogens is 2. The van der Waals surface area contributed by atoms with E-state index in [2.05, 4.69) is 22.4 Å². The first-order valence-corrected chi connectivity index (χ1v) is 5.88. The number of rotatable bonds is 4. The van der Waals surface area contributed by atoms with Crippen LogP contribution in [0.25, 0.3) is 0 Å². The van der Waals surface area contributed by atoms with Crippen LogP contribution in [0.2, 0.25) is 0 Å². The van der Waals surface area contributed by atoms with Crippen molar-refractivity contribution >= 4 is 11.7 Å². The van der Waals surface area contributed by atoms with Crippen LogP contribution in [0, 0.1) is 11.8 Å². The summed E-state index contributed by atoms with van der Waals surface area (Å²) in [6, 6.07) is 3.46. The molecule has 1 N–H and O–H groups in total. The van der Waals surface area contributed by atoms with E-state index < -0.39 is 0 Å². The minimum absolute atomic E-state index is 0.0562. The van der Waals surface area contributed by atoms with Crippen molar-refractivity contribution < 1.29 is 4.79 Å². The number of hydrogen-bond acceptors (Lipinski definition) is 4. The van der Waals surface area contributed by atoms with Crippen molar-refractivity contribution in [1.82, 2.24) is 15.1 Å². The molecule has 2 rings (SSSR count). The number of nitrogens with zero attached hydrogens (tertiary/aromatic N) is 3. The number of carbonyl (C=O) groups excluding carboxylic acids is 1. The molecule has 1 heterocycles. The van der Waals surface area contributed by atoms with E-state index in [-0.39, 0.29) is 5.91 Å². The van der Waals surface area contributed by atoms with E-state index in [9.17, 15) is 4.79 Å². The Morgan fingerprint density at radius 3 is 2.71 bits per heavy atom. The first kappa shape index (κ1) is 11.8. The van der Waals surface area contributed by atoms with Gasteiger partial charge in [0.25, 0.3) is 5.91 Å². The lowest BCUT2D eigenvalue weighted by atomic mass is 10.3. The Labute approximate surface area is 101 Å². The molecule has 5 heteroatoms. The smallest absolute Gasteiger partial charge is 0.274 e. The van der Waals surface area contributed by atoms with E-state index in [0.29, 0.717) is 17.4 Å². The van der Waals surface area contributed by atoms with Gasteiger partial charge < -0.3 is 10.2 Å². The van der Waals surface area contributed by atoms with E-state index in [4.69, 9.17) is 0 Å². The zero-order valence-electron chi connectivity index (χ0n) is 10.5. The van der Waals surface area contributed by atoms with Crippen molar-refractivity contribution in [2.75, 3.05) is 26.0 Å². The van der Waals surface area contributed by atoms with Gasteiger partial charge in [0.05, 0.1) is 0 Å². The average molecular weight is 234 g/mol. The Morgan fingerprint density at radius 1 is 1.53 bits per heavy atom. The molecule has 0 bridgehead atoms. The lowest BCUT2D eigenvalue weighted by molar-refractivity contribution is 0.0780. The average Bonchev–Trinajstić information content (AvgIpc) is 3.04. The number of carbonyl (C=O) groups is 1. The highest BCUT2D eigenvalue weighted by Crippen LogP contribution is 2.38. The fraction of sp³-hybridized carbons (Fsp3) is 0.583. The van der Waals surface area contributed by atoms with Crippen LogP contribution in [0.4, 0.5) is 5.82 Å². The molecule has 1 aliphatic carbocycles. The van der Waals surface area contributed by atoms with Crippen molar-refractivity contribution in [2.45, 2.75) is 13.3 Å². The molecule has 1 fully saturated rings. The lowest BCUT2D eigenvalue weighted by Crippen LogP contribution is -2.30. The molecule has 5 nitrogen and oxygen atoms in total. The second-order valence-corrected chi connectivity index (χ2v) is 4.71. The van der Waals surface area contributed by atoms with Crippen LogP contribution in [-0.4, -0.2) is 41.6 Å². The van der Waals surface area contributed by atoms with Crippen LogP contribution in [0.15, 0.2) is 12.1 Å². The molecule has 0 aliphatic heterocycles. The van der Waals surface area contributed by atoms with Gasteiger partial charge in [-0.2, -0.15) is 0 Å². The van der Waals surface area contributed by atoms with Crippen LogP contribution in [-0.2, 0) is 0 Å². The van der Waals surface area contributed by atoms with Gasteiger partial charge >= 0.3 is 0 Å². The number of hydrogen-bond donors (Lipinski definition) is 1. The minimum atomic E-state index is -0.0562. The van der Waals surface area contributed by atoms with Gasteiger partial charge in [-0.25, -0.2) is 0 Å². The molecular weight excluding hydrogens is 216 g/mol. The molecular formula is C12H18N4O. The van der Waals surface area contributed by atoms with Crippen molar-refractivity contribution in [1.29, 1.82) is 0 Å². The molecule has 1 aromatic heterocycles. The zero-order chi connectivity index (χ0) is 12.4. The van der Waals surface area contributed by atoms with Gasteiger partial charge in [-0.1, -0.05) is 6.92 Å². The number of nitrogens with one attached hydrogen (secondary N) is 1. The first-order valence-electron chi connectivity index (χ1n) is 5.88. The van der Waals surface area contributed by atoms with E-state index in [1.165, 1.54) is 6.42 Å². The summed E-state index contributed by atoms with van der Waals surface area (Å²) in [6.45, 7) is 3.03. The molecule has 0 radical (unpaired) electrons. The predicted molar refractivity (Wildman–Crippen MR) is 65.8 cm³/mol. The van der Waals surface area contributed by atoms with Gasteiger partial charge in [-0.3, -0.25) is 4.79 Å². The van der Waals surface area contributed by atoms with Crippen molar-refractivity contribution in [3.63, 3.8) is 0 Å². The van der Waals surface area contributed by atoms with Gasteiger partial charge in [0.2, 0.25) is 0 Å². The second-order valence-electron chi connectivity index (χ2n) is 4.71. The summed E-state index contributed by atoms with van der Waals surface area (Å²) in [4.78, 5) is 13.8. The summed E-state index contributed by atoms with van der Waals surface area (Å²) in [5.41, 5.74) is 0.403. The molecule has 92 valence electrons. The normalized spacial score (nSPS) is 22.1. The molecule has 1 amide bonds. The third-order valence-electron chi connectivity index (χ3n) is 3.27. The van der Waals surface area contributed by atoms with E-state index in [1.807, 2.05) is 7.05 Å². The molecule has 2 unspecified atom stereocenters. The standard InChI is InChI=1S/C12H18N4O/c1-8-6-9(8)7-16(3)12(17)10-4-5-11(13-2)15-14-10/h4-5,8-9H,6-7H2,1-3H3,(H,13,15). The van der Waals surface area contributed by atoms with Gasteiger partial charge in [0.15, 0.2) is 5.69 Å². The largest absolute Gasteiger partial charge is 0.372 e. The Bertz CT molecular complexity index is 403. The highest BCUT2D eigenvalue weighted by Gasteiger charge is 2.34. The first-order chi connectivity index (χ1) is 8.11. The molecule has 0 saturated heterocycles. The highest BCUT2D eigenvalue weighted by molar-refractivity contribution is 5.92. The predicted octanol–water partition coefficient (Wildman–Crippen LogP) is 1.25. The van der Waals surface area contributed by atoms with Crippen LogP contribution in [0.1, 0.15) is 23.8 Å². The fourth-order valence-electron chi connectivity index (χ4n) is 1.86. The van der Waals surface area contributed by atoms with Crippen molar-refractivity contribution in [2.24, 2.45) is 11.8 Å². The van der Waals surface area contributed by atoms with Crippen LogP contribution in [0.5, 0.6) is 0 Å².